The molecule has 9 heteroatoms. The second kappa shape index (κ2) is 14.0. The van der Waals surface area contributed by atoms with Gasteiger partial charge in [0.05, 0.1) is 18.8 Å². The molecule has 2 aromatic heterocycles. The first-order chi connectivity index (χ1) is 17.4. The summed E-state index contributed by atoms with van der Waals surface area (Å²) in [7, 11) is 1.98. The number of carbonyl (C=O) groups excluding carboxylic acids is 1. The molecule has 0 bridgehead atoms. The van der Waals surface area contributed by atoms with Crippen LogP contribution in [-0.2, 0) is 0 Å². The summed E-state index contributed by atoms with van der Waals surface area (Å²) in [5, 5.41) is 10.2. The van der Waals surface area contributed by atoms with E-state index in [4.69, 9.17) is 16.1 Å². The highest BCUT2D eigenvalue weighted by atomic mass is 32.2. The first-order valence-electron chi connectivity index (χ1n) is 12.5. The third-order valence-corrected chi connectivity index (χ3v) is 6.83. The Kier molecular flexibility index (Phi) is 10.7. The van der Waals surface area contributed by atoms with Crippen LogP contribution >= 0.6 is 11.9 Å². The van der Waals surface area contributed by atoms with Gasteiger partial charge in [-0.3, -0.25) is 9.78 Å². The number of amides is 1. The zero-order valence-electron chi connectivity index (χ0n) is 21.7. The monoisotopic (exact) mass is 510 g/mol. The largest absolute Gasteiger partial charge is 0.490 e. The number of aromatic nitrogens is 2. The van der Waals surface area contributed by atoms with Crippen molar-refractivity contribution in [1.29, 1.82) is 0 Å². The fourth-order valence-corrected chi connectivity index (χ4v) is 4.55. The van der Waals surface area contributed by atoms with Crippen LogP contribution in [0.3, 0.4) is 0 Å². The van der Waals surface area contributed by atoms with E-state index in [0.717, 1.165) is 18.3 Å². The molecule has 8 nitrogen and oxygen atoms in total. The third-order valence-electron chi connectivity index (χ3n) is 5.90. The van der Waals surface area contributed by atoms with E-state index in [1.54, 1.807) is 24.3 Å². The van der Waals surface area contributed by atoms with E-state index in [0.29, 0.717) is 54.4 Å². The quantitative estimate of drug-likeness (QED) is 0.189. The predicted molar refractivity (Wildman–Crippen MR) is 148 cm³/mol. The van der Waals surface area contributed by atoms with Crippen molar-refractivity contribution in [2.45, 2.75) is 44.9 Å². The number of ether oxygens (including phenoxy) is 1. The van der Waals surface area contributed by atoms with E-state index < -0.39 is 0 Å². The zero-order chi connectivity index (χ0) is 25.9. The van der Waals surface area contributed by atoms with Crippen molar-refractivity contribution in [3.63, 3.8) is 0 Å². The van der Waals surface area contributed by atoms with Gasteiger partial charge in [0.1, 0.15) is 24.0 Å². The third kappa shape index (κ3) is 9.25. The first-order valence-corrected chi connectivity index (χ1v) is 13.3. The van der Waals surface area contributed by atoms with E-state index in [9.17, 15) is 4.79 Å². The maximum Gasteiger partial charge on any atom is 0.251 e. The first kappa shape index (κ1) is 27.6. The summed E-state index contributed by atoms with van der Waals surface area (Å²) in [6.45, 7) is 8.84. The molecule has 0 radical (unpaired) electrons. The molecule has 0 saturated heterocycles. The second-order valence-corrected chi connectivity index (χ2v) is 11.1. The number of rotatable bonds is 15. The molecular formula is C27H38N6O2S. The fourth-order valence-electron chi connectivity index (χ4n) is 3.72. The van der Waals surface area contributed by atoms with Gasteiger partial charge in [0.15, 0.2) is 0 Å². The number of nitrogens with one attached hydrogen (secondary N) is 3. The van der Waals surface area contributed by atoms with Gasteiger partial charge < -0.3 is 25.0 Å². The minimum Gasteiger partial charge on any atom is -0.490 e. The van der Waals surface area contributed by atoms with Gasteiger partial charge in [-0.15, -0.1) is 6.42 Å². The summed E-state index contributed by atoms with van der Waals surface area (Å²) in [4.78, 5) is 22.3. The highest BCUT2D eigenvalue weighted by molar-refractivity contribution is 8.01. The van der Waals surface area contributed by atoms with Crippen LogP contribution < -0.4 is 25.0 Å². The second-order valence-electron chi connectivity index (χ2n) is 9.44. The molecule has 1 aliphatic rings. The number of anilines is 2. The van der Waals surface area contributed by atoms with Gasteiger partial charge >= 0.3 is 0 Å². The van der Waals surface area contributed by atoms with Crippen LogP contribution in [0.25, 0.3) is 0 Å². The van der Waals surface area contributed by atoms with E-state index in [2.05, 4.69) is 47.6 Å². The number of hydrogen-bond acceptors (Lipinski definition) is 8. The van der Waals surface area contributed by atoms with Crippen LogP contribution in [0.5, 0.6) is 5.75 Å². The molecule has 1 amide bonds. The smallest absolute Gasteiger partial charge is 0.251 e. The zero-order valence-corrected chi connectivity index (χ0v) is 22.5. The minimum atomic E-state index is -0.217. The Morgan fingerprint density at radius 2 is 2.19 bits per heavy atom. The van der Waals surface area contributed by atoms with Crippen molar-refractivity contribution in [2.75, 3.05) is 42.9 Å². The lowest BCUT2D eigenvalue weighted by Crippen LogP contribution is -2.41. The lowest BCUT2D eigenvalue weighted by molar-refractivity contribution is 0.0918. The molecule has 2 heterocycles. The molecular weight excluding hydrogens is 472 g/mol. The summed E-state index contributed by atoms with van der Waals surface area (Å²) in [6.07, 6.45) is 10.6. The van der Waals surface area contributed by atoms with E-state index in [-0.39, 0.29) is 11.9 Å². The van der Waals surface area contributed by atoms with Gasteiger partial charge in [-0.25, -0.2) is 4.98 Å². The molecule has 1 aliphatic carbocycles. The van der Waals surface area contributed by atoms with Crippen molar-refractivity contribution in [3.8, 4) is 18.1 Å². The van der Waals surface area contributed by atoms with Crippen molar-refractivity contribution < 1.29 is 9.53 Å². The fraction of sp³-hybridized carbons (Fsp3) is 0.519. The topological polar surface area (TPSA) is 91.4 Å². The van der Waals surface area contributed by atoms with Gasteiger partial charge in [-0.1, -0.05) is 26.7 Å². The maximum atomic E-state index is 13.4. The molecule has 0 unspecified atom stereocenters. The maximum absolute atomic E-state index is 13.4. The highest BCUT2D eigenvalue weighted by Crippen LogP contribution is 2.37. The van der Waals surface area contributed by atoms with Gasteiger partial charge in [0.2, 0.25) is 0 Å². The number of terminal acetylenes is 1. The van der Waals surface area contributed by atoms with Gasteiger partial charge in [0.25, 0.3) is 5.91 Å². The van der Waals surface area contributed by atoms with Crippen LogP contribution in [0.15, 0.2) is 36.7 Å². The van der Waals surface area contributed by atoms with Crippen LogP contribution in [-0.4, -0.2) is 60.5 Å². The Morgan fingerprint density at radius 1 is 1.39 bits per heavy atom. The summed E-state index contributed by atoms with van der Waals surface area (Å²) >= 11 is 1.67. The van der Waals surface area contributed by atoms with Gasteiger partial charge in [-0.2, -0.15) is 0 Å². The standard InChI is InChI=1S/C27H38N6O2S/c1-6-10-28-12-9-23(18-35-24-8-7-11-29-17-24)31-27(34)21-14-25(30-16-22-13-20(22)4)32-26(15-21)33(5)36-19(2)3/h1,7-8,11,14-15,17,19-20,22-23,28H,9-10,12-13,16,18H2,2-5H3,(H,30,32)(H,31,34)/t20-,22+,23+/m0/s1. The molecule has 1 fully saturated rings. The van der Waals surface area contributed by atoms with Gasteiger partial charge in [-0.05, 0) is 67.4 Å². The Balaban J connectivity index is 1.72. The summed E-state index contributed by atoms with van der Waals surface area (Å²) in [5.41, 5.74) is 0.561. The van der Waals surface area contributed by atoms with Crippen LogP contribution in [0.2, 0.25) is 0 Å². The predicted octanol–water partition coefficient (Wildman–Crippen LogP) is 3.83. The molecule has 1 saturated carbocycles. The van der Waals surface area contributed by atoms with Crippen molar-refractivity contribution >= 4 is 29.5 Å². The molecule has 3 atom stereocenters. The SMILES string of the molecule is C#CCNCC[C@H](COc1cccnc1)NC(=O)c1cc(NC[C@H]2C[C@@H]2C)nc(N(C)SC(C)C)c1. The van der Waals surface area contributed by atoms with Crippen molar-refractivity contribution in [3.05, 3.63) is 42.2 Å². The van der Waals surface area contributed by atoms with Gasteiger partial charge in [0, 0.05) is 30.6 Å². The van der Waals surface area contributed by atoms with E-state index in [1.807, 2.05) is 35.6 Å². The van der Waals surface area contributed by atoms with Crippen LogP contribution in [0.4, 0.5) is 11.6 Å². The molecule has 0 spiro atoms. The highest BCUT2D eigenvalue weighted by Gasteiger charge is 2.32. The summed E-state index contributed by atoms with van der Waals surface area (Å²) in [6, 6.07) is 7.11. The molecule has 0 aromatic carbocycles. The Hall–Kier alpha value is -2.96. The van der Waals surface area contributed by atoms with Crippen molar-refractivity contribution in [2.24, 2.45) is 11.8 Å². The normalized spacial score (nSPS) is 17.2. The van der Waals surface area contributed by atoms with Crippen LogP contribution in [0, 0.1) is 24.2 Å². The van der Waals surface area contributed by atoms with E-state index >= 15 is 0 Å². The Bertz CT molecular complexity index is 1010. The molecule has 2 aromatic rings. The summed E-state index contributed by atoms with van der Waals surface area (Å²) in [5.74, 6) is 5.93. The number of pyridine rings is 2. The average Bonchev–Trinajstić information content (AvgIpc) is 3.58. The molecule has 3 N–H and O–H groups in total. The Labute approximate surface area is 219 Å². The average molecular weight is 511 g/mol. The Morgan fingerprint density at radius 3 is 2.86 bits per heavy atom. The molecule has 3 rings (SSSR count). The lowest BCUT2D eigenvalue weighted by Gasteiger charge is -2.22. The number of hydrogen-bond donors (Lipinski definition) is 3. The van der Waals surface area contributed by atoms with Crippen LogP contribution in [0.1, 0.15) is 44.0 Å². The molecule has 0 aliphatic heterocycles. The number of nitrogens with zero attached hydrogens (tertiary/aromatic N) is 3. The molecule has 36 heavy (non-hydrogen) atoms. The lowest BCUT2D eigenvalue weighted by atomic mass is 10.1. The minimum absolute atomic E-state index is 0.166. The molecule has 194 valence electrons. The van der Waals surface area contributed by atoms with E-state index in [1.165, 1.54) is 6.42 Å². The van der Waals surface area contributed by atoms with Crippen molar-refractivity contribution in [1.82, 2.24) is 20.6 Å². The number of carbonyl (C=O) groups is 1. The summed E-state index contributed by atoms with van der Waals surface area (Å²) < 4.78 is 7.90.